The average molecular weight is 357 g/mol. The molecule has 2 nitrogen and oxygen atoms in total. The third-order valence-electron chi connectivity index (χ3n) is 4.89. The van der Waals surface area contributed by atoms with Crippen molar-refractivity contribution in [2.24, 2.45) is 5.41 Å². The fraction of sp³-hybridized carbons (Fsp3) is 0.409. The zero-order chi connectivity index (χ0) is 18.3. The molecule has 0 bridgehead atoms. The minimum absolute atomic E-state index is 0.0885. The topological polar surface area (TPSA) is 26.3 Å². The number of hydrogen-bond acceptors (Lipinski definition) is 2. The maximum atomic E-state index is 12.1. The van der Waals surface area contributed by atoms with E-state index >= 15 is 0 Å². The van der Waals surface area contributed by atoms with Gasteiger partial charge in [0.15, 0.2) is 0 Å². The molecule has 0 heterocycles. The van der Waals surface area contributed by atoms with Gasteiger partial charge in [-0.1, -0.05) is 36.4 Å². The second kappa shape index (κ2) is 8.63. The summed E-state index contributed by atoms with van der Waals surface area (Å²) in [5, 5.41) is 2.85. The number of hydrogen-bond donors (Lipinski definition) is 0. The van der Waals surface area contributed by atoms with Crippen molar-refractivity contribution in [3.8, 4) is 0 Å². The quantitative estimate of drug-likeness (QED) is 0.508. The lowest BCUT2D eigenvalue weighted by atomic mass is 9.88. The Morgan fingerprint density at radius 3 is 1.88 bits per heavy atom. The summed E-state index contributed by atoms with van der Waals surface area (Å²) >= 11 is 0. The lowest BCUT2D eigenvalue weighted by molar-refractivity contribution is -0.153. The third-order valence-corrected chi connectivity index (χ3v) is 8.97. The summed E-state index contributed by atoms with van der Waals surface area (Å²) in [5.74, 6) is -0.0885. The van der Waals surface area contributed by atoms with Crippen molar-refractivity contribution in [3.63, 3.8) is 0 Å². The first-order valence-corrected chi connectivity index (χ1v) is 11.5. The molecule has 0 N–H and O–H groups in total. The molecule has 2 aromatic rings. The monoisotopic (exact) mass is 357 g/mol. The number of carbonyl (C=O) groups excluding carboxylic acids is 1. The molecule has 3 heteroatoms. The van der Waals surface area contributed by atoms with Gasteiger partial charge in [-0.2, -0.15) is 0 Å². The van der Waals surface area contributed by atoms with Crippen LogP contribution in [0, 0.1) is 5.41 Å². The van der Waals surface area contributed by atoms with Crippen LogP contribution in [0.25, 0.3) is 0 Å². The molecule has 2 aromatic carbocycles. The van der Waals surface area contributed by atoms with Gasteiger partial charge < -0.3 is 4.74 Å². The molecule has 0 spiro atoms. The van der Waals surface area contributed by atoms with Gasteiger partial charge in [0.05, 0.1) is 42.7 Å². The summed E-state index contributed by atoms with van der Waals surface area (Å²) in [7, 11) is -1.46. The van der Waals surface area contributed by atoms with Crippen LogP contribution < -0.4 is 10.6 Å². The summed E-state index contributed by atoms with van der Waals surface area (Å²) in [4.78, 5) is 12.1. The van der Waals surface area contributed by atoms with Crippen LogP contribution in [0.3, 0.4) is 0 Å². The van der Waals surface area contributed by atoms with Gasteiger partial charge in [0, 0.05) is 0 Å². The molecule has 25 heavy (non-hydrogen) atoms. The van der Waals surface area contributed by atoms with Gasteiger partial charge in [-0.05, 0) is 57.9 Å². The zero-order valence-corrected chi connectivity index (χ0v) is 16.8. The Morgan fingerprint density at radius 1 is 0.960 bits per heavy atom. The van der Waals surface area contributed by atoms with E-state index in [0.717, 1.165) is 19.0 Å². The van der Waals surface area contributed by atoms with E-state index in [-0.39, 0.29) is 5.97 Å². The summed E-state index contributed by atoms with van der Waals surface area (Å²) < 4.78 is 5.23. The molecule has 0 fully saturated rings. The molecular weight excluding hydrogens is 327 g/mol. The van der Waals surface area contributed by atoms with Crippen molar-refractivity contribution >= 4 is 23.8 Å². The van der Waals surface area contributed by atoms with E-state index in [1.54, 1.807) is 0 Å². The van der Waals surface area contributed by atoms with Crippen LogP contribution in [0.5, 0.6) is 0 Å². The first-order chi connectivity index (χ1) is 11.9. The highest BCUT2D eigenvalue weighted by molar-refractivity contribution is 7.88. The van der Waals surface area contributed by atoms with Crippen LogP contribution >= 0.6 is 7.26 Å². The molecule has 0 saturated carbocycles. The second-order valence-corrected chi connectivity index (χ2v) is 11.2. The van der Waals surface area contributed by atoms with Gasteiger partial charge in [0.1, 0.15) is 0 Å². The van der Waals surface area contributed by atoms with E-state index in [4.69, 9.17) is 4.74 Å². The van der Waals surface area contributed by atoms with Crippen molar-refractivity contribution in [3.05, 3.63) is 60.7 Å². The molecule has 134 valence electrons. The molecule has 0 aliphatic carbocycles. The first-order valence-electron chi connectivity index (χ1n) is 9.04. The molecule has 0 aromatic heterocycles. The van der Waals surface area contributed by atoms with E-state index < -0.39 is 12.7 Å². The number of rotatable bonds is 8. The van der Waals surface area contributed by atoms with E-state index in [1.165, 1.54) is 10.6 Å². The van der Waals surface area contributed by atoms with Crippen LogP contribution in [-0.4, -0.2) is 25.4 Å². The zero-order valence-electron chi connectivity index (χ0n) is 15.9. The number of benzene rings is 2. The summed E-state index contributed by atoms with van der Waals surface area (Å²) in [6.45, 7) is 8.70. The predicted octanol–water partition coefficient (Wildman–Crippen LogP) is 4.65. The average Bonchev–Trinajstić information content (AvgIpc) is 2.63. The van der Waals surface area contributed by atoms with Gasteiger partial charge in [0.25, 0.3) is 0 Å². The van der Waals surface area contributed by atoms with Crippen LogP contribution in [0.4, 0.5) is 0 Å². The minimum Gasteiger partial charge on any atom is -0.466 e. The van der Waals surface area contributed by atoms with Crippen LogP contribution in [0.1, 0.15) is 33.6 Å². The maximum absolute atomic E-state index is 12.1. The Hall–Kier alpha value is -1.66. The Labute approximate surface area is 152 Å². The summed E-state index contributed by atoms with van der Waals surface area (Å²) in [5.41, 5.74) is -0.422. The molecule has 2 rings (SSSR count). The first kappa shape index (κ1) is 19.7. The van der Waals surface area contributed by atoms with E-state index in [0.29, 0.717) is 6.61 Å². The second-order valence-electron chi connectivity index (χ2n) is 7.29. The normalized spacial score (nSPS) is 12.0. The lowest BCUT2D eigenvalue weighted by Crippen LogP contribution is -2.28. The fourth-order valence-electron chi connectivity index (χ4n) is 3.19. The summed E-state index contributed by atoms with van der Waals surface area (Å²) in [6.07, 6.45) is 2.96. The van der Waals surface area contributed by atoms with E-state index in [1.807, 2.05) is 20.8 Å². The lowest BCUT2D eigenvalue weighted by Gasteiger charge is -2.26. The van der Waals surface area contributed by atoms with Crippen LogP contribution in [0.15, 0.2) is 60.7 Å². The predicted molar refractivity (Wildman–Crippen MR) is 110 cm³/mol. The largest absolute Gasteiger partial charge is 0.466 e. The Balaban J connectivity index is 2.17. The van der Waals surface area contributed by atoms with E-state index in [9.17, 15) is 4.79 Å². The summed E-state index contributed by atoms with van der Waals surface area (Å²) in [6, 6.07) is 21.6. The van der Waals surface area contributed by atoms with Crippen molar-refractivity contribution in [2.45, 2.75) is 33.6 Å². The van der Waals surface area contributed by atoms with E-state index in [2.05, 4.69) is 67.3 Å². The SMILES string of the molecule is CCOC(=O)C(C)(C)CCC[P+](C)(c1ccccc1)c1ccccc1. The van der Waals surface area contributed by atoms with Crippen molar-refractivity contribution in [2.75, 3.05) is 19.4 Å². The number of carbonyl (C=O) groups is 1. The molecule has 0 radical (unpaired) electrons. The highest BCUT2D eigenvalue weighted by Crippen LogP contribution is 2.53. The molecular formula is C22H30O2P+. The number of ether oxygens (including phenoxy) is 1. The smallest absolute Gasteiger partial charge is 0.311 e. The Kier molecular flexibility index (Phi) is 6.79. The van der Waals surface area contributed by atoms with Crippen molar-refractivity contribution < 1.29 is 9.53 Å². The minimum atomic E-state index is -1.46. The van der Waals surface area contributed by atoms with Crippen LogP contribution in [-0.2, 0) is 9.53 Å². The molecule has 0 atom stereocenters. The highest BCUT2D eigenvalue weighted by atomic mass is 31.2. The van der Waals surface area contributed by atoms with Gasteiger partial charge in [-0.15, -0.1) is 0 Å². The molecule has 0 saturated heterocycles. The van der Waals surface area contributed by atoms with Gasteiger partial charge in [0.2, 0.25) is 0 Å². The highest BCUT2D eigenvalue weighted by Gasteiger charge is 2.38. The third kappa shape index (κ3) is 4.92. The van der Waals surface area contributed by atoms with Crippen molar-refractivity contribution in [1.29, 1.82) is 0 Å². The van der Waals surface area contributed by atoms with Gasteiger partial charge in [-0.25, -0.2) is 0 Å². The fourth-order valence-corrected chi connectivity index (χ4v) is 6.45. The van der Waals surface area contributed by atoms with Gasteiger partial charge >= 0.3 is 5.97 Å². The molecule has 0 unspecified atom stereocenters. The molecule has 0 aliphatic heterocycles. The Bertz CT molecular complexity index is 625. The standard InChI is InChI=1S/C22H30O2P/c1-5-24-21(23)22(2,3)17-12-18-25(4,19-13-8-6-9-14-19)20-15-10-7-11-16-20/h6-11,13-16H,5,12,17-18H2,1-4H3/q+1. The molecule has 0 aliphatic rings. The van der Waals surface area contributed by atoms with Gasteiger partial charge in [-0.3, -0.25) is 4.79 Å². The Morgan fingerprint density at radius 2 is 1.44 bits per heavy atom. The maximum Gasteiger partial charge on any atom is 0.311 e. The van der Waals surface area contributed by atoms with Crippen molar-refractivity contribution in [1.82, 2.24) is 0 Å². The van der Waals surface area contributed by atoms with Crippen LogP contribution in [0.2, 0.25) is 0 Å². The molecule has 0 amide bonds. The number of esters is 1.